The topological polar surface area (TPSA) is 99.4 Å². The van der Waals surface area contributed by atoms with Gasteiger partial charge < -0.3 is 9.80 Å². The number of anilines is 1. The highest BCUT2D eigenvalue weighted by atomic mass is 79.9. The molecule has 4 aliphatic heterocycles. The fourth-order valence-corrected chi connectivity index (χ4v) is 6.27. The van der Waals surface area contributed by atoms with E-state index in [2.05, 4.69) is 31.2 Å². The van der Waals surface area contributed by atoms with E-state index in [9.17, 15) is 14.4 Å². The van der Waals surface area contributed by atoms with Crippen LogP contribution in [-0.2, 0) is 20.8 Å². The molecule has 0 radical (unpaired) electrons. The number of aliphatic imine (C=N–C) groups is 1. The van der Waals surface area contributed by atoms with E-state index in [1.54, 1.807) is 16.8 Å². The maximum atomic E-state index is 13.6. The lowest BCUT2D eigenvalue weighted by atomic mass is 9.94. The Bertz CT molecular complexity index is 1650. The Kier molecular flexibility index (Phi) is 5.33. The number of carbonyl (C=O) groups excluding carboxylic acids is 3. The summed E-state index contributed by atoms with van der Waals surface area (Å²) in [7, 11) is 0. The summed E-state index contributed by atoms with van der Waals surface area (Å²) in [5.74, 6) is -0.887. The monoisotopic (exact) mass is 570 g/mol. The lowest BCUT2D eigenvalue weighted by Crippen LogP contribution is -2.47. The second-order valence-corrected chi connectivity index (χ2v) is 10.8. The fraction of sp³-hybridized carbons (Fsp3) is 0.250. The van der Waals surface area contributed by atoms with Crippen molar-refractivity contribution in [3.05, 3.63) is 82.0 Å². The first kappa shape index (κ1) is 23.1. The minimum Gasteiger partial charge on any atom is -0.341 e. The van der Waals surface area contributed by atoms with Crippen LogP contribution >= 0.6 is 15.9 Å². The quantitative estimate of drug-likeness (QED) is 0.487. The van der Waals surface area contributed by atoms with Crippen LogP contribution in [0.1, 0.15) is 36.1 Å². The van der Waals surface area contributed by atoms with E-state index in [1.165, 1.54) is 0 Å². The smallest absolute Gasteiger partial charge is 0.261 e. The molecule has 9 nitrogen and oxygen atoms in total. The van der Waals surface area contributed by atoms with Gasteiger partial charge in [-0.05, 0) is 52.9 Å². The maximum Gasteiger partial charge on any atom is 0.261 e. The van der Waals surface area contributed by atoms with Crippen molar-refractivity contribution >= 4 is 56.3 Å². The number of likely N-dealkylation sites (tertiary alicyclic amines) is 1. The van der Waals surface area contributed by atoms with Gasteiger partial charge in [0.05, 0.1) is 34.4 Å². The Morgan fingerprint density at radius 2 is 1.84 bits per heavy atom. The number of halogens is 1. The predicted molar refractivity (Wildman–Crippen MR) is 145 cm³/mol. The number of amides is 3. The number of aromatic nitrogens is 2. The number of rotatable bonds is 3. The molecule has 190 valence electrons. The van der Waals surface area contributed by atoms with Gasteiger partial charge in [-0.1, -0.05) is 18.2 Å². The van der Waals surface area contributed by atoms with Crippen LogP contribution in [0.15, 0.2) is 70.2 Å². The molecular formula is C28H23BrN6O3. The third kappa shape index (κ3) is 3.47. The minimum absolute atomic E-state index is 0.116. The molecule has 1 atom stereocenters. The third-order valence-corrected chi connectivity index (χ3v) is 8.13. The van der Waals surface area contributed by atoms with Crippen LogP contribution in [0, 0.1) is 0 Å². The van der Waals surface area contributed by atoms with Crippen LogP contribution < -0.4 is 10.2 Å². The zero-order valence-electron chi connectivity index (χ0n) is 20.4. The van der Waals surface area contributed by atoms with Gasteiger partial charge in [-0.3, -0.25) is 29.1 Å². The van der Waals surface area contributed by atoms with Crippen molar-refractivity contribution in [2.24, 2.45) is 4.99 Å². The fourth-order valence-electron chi connectivity index (χ4n) is 5.94. The van der Waals surface area contributed by atoms with Crippen molar-refractivity contribution in [1.29, 1.82) is 0 Å². The Morgan fingerprint density at radius 3 is 2.68 bits per heavy atom. The van der Waals surface area contributed by atoms with E-state index >= 15 is 0 Å². The second-order valence-electron chi connectivity index (χ2n) is 9.85. The second kappa shape index (κ2) is 8.76. The molecule has 0 bridgehead atoms. The van der Waals surface area contributed by atoms with Gasteiger partial charge in [0.25, 0.3) is 11.8 Å². The minimum atomic E-state index is -0.507. The summed E-state index contributed by atoms with van der Waals surface area (Å²) in [5.41, 5.74) is 4.55. The van der Waals surface area contributed by atoms with Crippen LogP contribution in [0.4, 0.5) is 5.69 Å². The number of carbonyl (C=O) groups is 3. The van der Waals surface area contributed by atoms with Gasteiger partial charge in [-0.2, -0.15) is 0 Å². The van der Waals surface area contributed by atoms with Crippen molar-refractivity contribution in [3.8, 4) is 0 Å². The molecule has 1 fully saturated rings. The van der Waals surface area contributed by atoms with E-state index < -0.39 is 11.8 Å². The third-order valence-electron chi connectivity index (χ3n) is 7.66. The molecule has 6 heterocycles. The number of pyridine rings is 1. The van der Waals surface area contributed by atoms with E-state index in [1.807, 2.05) is 52.5 Å². The Morgan fingerprint density at radius 1 is 1.03 bits per heavy atom. The first-order chi connectivity index (χ1) is 18.5. The molecule has 1 aromatic carbocycles. The van der Waals surface area contributed by atoms with Crippen LogP contribution in [-0.4, -0.2) is 56.8 Å². The molecule has 1 unspecified atom stereocenters. The maximum absolute atomic E-state index is 13.6. The molecular weight excluding hydrogens is 548 g/mol. The zero-order valence-corrected chi connectivity index (χ0v) is 21.9. The van der Waals surface area contributed by atoms with Crippen molar-refractivity contribution in [1.82, 2.24) is 19.6 Å². The molecule has 3 amide bonds. The highest BCUT2D eigenvalue weighted by Crippen LogP contribution is 2.40. The van der Waals surface area contributed by atoms with Gasteiger partial charge in [0.15, 0.2) is 0 Å². The normalized spacial score (nSPS) is 20.7. The lowest BCUT2D eigenvalue weighted by Gasteiger charge is -2.32. The predicted octanol–water partition coefficient (Wildman–Crippen LogP) is 3.22. The van der Waals surface area contributed by atoms with E-state index in [4.69, 9.17) is 0 Å². The summed E-state index contributed by atoms with van der Waals surface area (Å²) in [6.07, 6.45) is 10.6. The number of fused-ring (bicyclic) bond motifs is 1. The average molecular weight is 571 g/mol. The number of imidazole rings is 1. The average Bonchev–Trinajstić information content (AvgIpc) is 3.54. The summed E-state index contributed by atoms with van der Waals surface area (Å²) >= 11 is 3.48. The number of hydrogen-bond acceptors (Lipinski definition) is 6. The van der Waals surface area contributed by atoms with E-state index in [0.29, 0.717) is 29.0 Å². The Balaban J connectivity index is 1.36. The molecule has 4 aliphatic rings. The molecule has 0 spiro atoms. The van der Waals surface area contributed by atoms with Gasteiger partial charge in [-0.15, -0.1) is 0 Å². The van der Waals surface area contributed by atoms with Crippen LogP contribution in [0.5, 0.6) is 0 Å². The van der Waals surface area contributed by atoms with Crippen LogP contribution in [0.3, 0.4) is 0 Å². The molecule has 38 heavy (non-hydrogen) atoms. The number of imide groups is 1. The summed E-state index contributed by atoms with van der Waals surface area (Å²) < 4.78 is 2.59. The van der Waals surface area contributed by atoms with Gasteiger partial charge >= 0.3 is 0 Å². The SMILES string of the molecule is O=C1NC(=O)C(c2cnc3ccc(Br)cn23)=C1C1=NC=CN2c3c(cccc31)CC2C(=O)N1CCCCC1. The van der Waals surface area contributed by atoms with Crippen molar-refractivity contribution in [2.45, 2.75) is 31.7 Å². The number of nitrogens with zero attached hydrogens (tertiary/aromatic N) is 5. The standard InChI is InChI=1S/C28H23BrN6O3/c29-17-7-8-21-31-14-20(35(21)15-17)22-23(27(37)32-26(22)36)24-18-6-4-5-16-13-19(34(25(16)18)12-9-30-24)28(38)33-10-2-1-3-11-33/h4-9,12,14-15,19H,1-3,10-11,13H2,(H,32,36,37). The molecule has 1 saturated heterocycles. The van der Waals surface area contributed by atoms with Crippen LogP contribution in [0.25, 0.3) is 11.2 Å². The molecule has 0 saturated carbocycles. The summed E-state index contributed by atoms with van der Waals surface area (Å²) in [4.78, 5) is 53.0. The summed E-state index contributed by atoms with van der Waals surface area (Å²) in [6, 6.07) is 9.17. The van der Waals surface area contributed by atoms with Crippen molar-refractivity contribution < 1.29 is 14.4 Å². The molecule has 10 heteroatoms. The Hall–Kier alpha value is -4.05. The largest absolute Gasteiger partial charge is 0.341 e. The highest BCUT2D eigenvalue weighted by molar-refractivity contribution is 9.10. The van der Waals surface area contributed by atoms with Crippen molar-refractivity contribution in [3.63, 3.8) is 0 Å². The van der Waals surface area contributed by atoms with Gasteiger partial charge in [0.1, 0.15) is 11.7 Å². The van der Waals surface area contributed by atoms with Gasteiger partial charge in [-0.25, -0.2) is 4.98 Å². The van der Waals surface area contributed by atoms with Crippen molar-refractivity contribution in [2.75, 3.05) is 18.0 Å². The van der Waals surface area contributed by atoms with Gasteiger partial charge in [0, 0.05) is 48.1 Å². The first-order valence-electron chi connectivity index (χ1n) is 12.7. The number of para-hydroxylation sites is 1. The Labute approximate surface area is 226 Å². The number of nitrogens with one attached hydrogen (secondary N) is 1. The molecule has 3 aromatic rings. The van der Waals surface area contributed by atoms with Crippen LogP contribution in [0.2, 0.25) is 0 Å². The first-order valence-corrected chi connectivity index (χ1v) is 13.5. The van der Waals surface area contributed by atoms with E-state index in [0.717, 1.165) is 48.1 Å². The molecule has 0 aliphatic carbocycles. The lowest BCUT2D eigenvalue weighted by molar-refractivity contribution is -0.133. The highest BCUT2D eigenvalue weighted by Gasteiger charge is 2.42. The molecule has 7 rings (SSSR count). The number of piperidine rings is 1. The summed E-state index contributed by atoms with van der Waals surface area (Å²) in [5, 5.41) is 2.46. The van der Waals surface area contributed by atoms with E-state index in [-0.39, 0.29) is 23.1 Å². The molecule has 1 N–H and O–H groups in total. The number of hydrogen-bond donors (Lipinski definition) is 1. The summed E-state index contributed by atoms with van der Waals surface area (Å²) in [6.45, 7) is 1.57. The van der Waals surface area contributed by atoms with Gasteiger partial charge in [0.2, 0.25) is 5.91 Å². The number of benzene rings is 1. The molecule has 2 aromatic heterocycles. The zero-order chi connectivity index (χ0) is 26.0.